The zero-order chi connectivity index (χ0) is 14.9. The smallest absolute Gasteiger partial charge is 0.240 e. The van der Waals surface area contributed by atoms with Crippen LogP contribution in [0.1, 0.15) is 25.7 Å². The highest BCUT2D eigenvalue weighted by Gasteiger charge is 2.27. The molecule has 0 radical (unpaired) electrons. The Morgan fingerprint density at radius 2 is 2.25 bits per heavy atom. The van der Waals surface area contributed by atoms with Gasteiger partial charge in [0.05, 0.1) is 0 Å². The minimum Gasteiger partial charge on any atom is -0.368 e. The number of primary amides is 1. The van der Waals surface area contributed by atoms with Crippen LogP contribution in [-0.2, 0) is 11.2 Å². The summed E-state index contributed by atoms with van der Waals surface area (Å²) in [5.74, 6) is 0.816. The number of carbonyl (C=O) groups excluding carboxylic acids is 1. The quantitative estimate of drug-likeness (QED) is 0.834. The van der Waals surface area contributed by atoms with Gasteiger partial charge in [-0.25, -0.2) is 9.97 Å². The van der Waals surface area contributed by atoms with Crippen LogP contribution in [0.2, 0.25) is 0 Å². The second kappa shape index (κ2) is 6.10. The number of rotatable bonds is 5. The summed E-state index contributed by atoms with van der Waals surface area (Å²) in [4.78, 5) is 20.7. The SMILES string of the molecule is CC(C)C(C(N)=O)n1c(CCCl)nc2cc(Br)cnc21. The van der Waals surface area contributed by atoms with Gasteiger partial charge in [-0.2, -0.15) is 0 Å². The number of aromatic nitrogens is 3. The molecule has 0 aromatic carbocycles. The third kappa shape index (κ3) is 2.81. The van der Waals surface area contributed by atoms with Gasteiger partial charge < -0.3 is 5.73 Å². The minimum atomic E-state index is -0.480. The highest BCUT2D eigenvalue weighted by molar-refractivity contribution is 9.10. The number of fused-ring (bicyclic) bond motifs is 1. The predicted molar refractivity (Wildman–Crippen MR) is 82.7 cm³/mol. The van der Waals surface area contributed by atoms with E-state index in [0.29, 0.717) is 17.9 Å². The number of alkyl halides is 1. The van der Waals surface area contributed by atoms with E-state index in [2.05, 4.69) is 25.9 Å². The van der Waals surface area contributed by atoms with Crippen LogP contribution < -0.4 is 5.73 Å². The molecule has 1 amide bonds. The molecule has 7 heteroatoms. The number of aryl methyl sites for hydroxylation is 1. The second-order valence-corrected chi connectivity index (χ2v) is 6.22. The Hall–Kier alpha value is -1.14. The van der Waals surface area contributed by atoms with Gasteiger partial charge in [-0.05, 0) is 27.9 Å². The summed E-state index contributed by atoms with van der Waals surface area (Å²) in [5.41, 5.74) is 6.94. The van der Waals surface area contributed by atoms with Crippen molar-refractivity contribution in [3.05, 3.63) is 22.6 Å². The summed E-state index contributed by atoms with van der Waals surface area (Å²) in [6.07, 6.45) is 2.25. The van der Waals surface area contributed by atoms with Crippen LogP contribution in [-0.4, -0.2) is 26.3 Å². The zero-order valence-electron chi connectivity index (χ0n) is 11.3. The van der Waals surface area contributed by atoms with Crippen LogP contribution in [0.5, 0.6) is 0 Å². The van der Waals surface area contributed by atoms with Gasteiger partial charge in [-0.15, -0.1) is 11.6 Å². The second-order valence-electron chi connectivity index (χ2n) is 4.92. The van der Waals surface area contributed by atoms with Gasteiger partial charge in [-0.3, -0.25) is 9.36 Å². The van der Waals surface area contributed by atoms with E-state index in [1.54, 1.807) is 6.20 Å². The summed E-state index contributed by atoms with van der Waals surface area (Å²) in [5, 5.41) is 0. The summed E-state index contributed by atoms with van der Waals surface area (Å²) < 4.78 is 2.66. The van der Waals surface area contributed by atoms with Gasteiger partial charge in [0.15, 0.2) is 5.65 Å². The van der Waals surface area contributed by atoms with E-state index >= 15 is 0 Å². The highest BCUT2D eigenvalue weighted by Crippen LogP contribution is 2.26. The normalized spacial score (nSPS) is 13.1. The first-order valence-corrected chi connectivity index (χ1v) is 7.66. The van der Waals surface area contributed by atoms with E-state index < -0.39 is 6.04 Å². The van der Waals surface area contributed by atoms with E-state index in [4.69, 9.17) is 17.3 Å². The largest absolute Gasteiger partial charge is 0.368 e. The summed E-state index contributed by atoms with van der Waals surface area (Å²) in [6, 6.07) is 1.39. The minimum absolute atomic E-state index is 0.0458. The van der Waals surface area contributed by atoms with Crippen LogP contribution in [0.4, 0.5) is 0 Å². The van der Waals surface area contributed by atoms with Crippen LogP contribution >= 0.6 is 27.5 Å². The molecule has 2 heterocycles. The monoisotopic (exact) mass is 358 g/mol. The predicted octanol–water partition coefficient (Wildman–Crippen LogP) is 2.66. The van der Waals surface area contributed by atoms with Crippen molar-refractivity contribution in [2.75, 3.05) is 5.88 Å². The van der Waals surface area contributed by atoms with Crippen molar-refractivity contribution in [2.45, 2.75) is 26.3 Å². The average Bonchev–Trinajstić information content (AvgIpc) is 2.67. The number of nitrogens with two attached hydrogens (primary N) is 1. The van der Waals surface area contributed by atoms with Gasteiger partial charge in [0.1, 0.15) is 17.4 Å². The number of halogens is 2. The van der Waals surface area contributed by atoms with E-state index in [9.17, 15) is 4.79 Å². The fraction of sp³-hybridized carbons (Fsp3) is 0.462. The van der Waals surface area contributed by atoms with Gasteiger partial charge >= 0.3 is 0 Å². The number of pyridine rings is 1. The fourth-order valence-electron chi connectivity index (χ4n) is 2.31. The number of amides is 1. The van der Waals surface area contributed by atoms with Crippen molar-refractivity contribution >= 4 is 44.6 Å². The van der Waals surface area contributed by atoms with Crippen molar-refractivity contribution in [1.29, 1.82) is 0 Å². The van der Waals surface area contributed by atoms with E-state index in [1.807, 2.05) is 24.5 Å². The zero-order valence-corrected chi connectivity index (χ0v) is 13.6. The lowest BCUT2D eigenvalue weighted by atomic mass is 10.0. The van der Waals surface area contributed by atoms with Gasteiger partial charge in [-0.1, -0.05) is 13.8 Å². The Labute approximate surface area is 130 Å². The van der Waals surface area contributed by atoms with Crippen LogP contribution in [0.3, 0.4) is 0 Å². The third-order valence-electron chi connectivity index (χ3n) is 3.09. The molecule has 0 spiro atoms. The lowest BCUT2D eigenvalue weighted by Gasteiger charge is -2.21. The Morgan fingerprint density at radius 3 is 2.80 bits per heavy atom. The van der Waals surface area contributed by atoms with E-state index in [-0.39, 0.29) is 11.8 Å². The maximum atomic E-state index is 11.8. The number of nitrogens with zero attached hydrogens (tertiary/aromatic N) is 3. The molecular formula is C13H16BrClN4O. The molecule has 0 aliphatic rings. The van der Waals surface area contributed by atoms with Crippen molar-refractivity contribution in [2.24, 2.45) is 11.7 Å². The molecule has 2 rings (SSSR count). The van der Waals surface area contributed by atoms with Crippen molar-refractivity contribution < 1.29 is 4.79 Å². The maximum Gasteiger partial charge on any atom is 0.240 e. The number of imidazole rings is 1. The molecule has 0 saturated carbocycles. The number of hydrogen-bond donors (Lipinski definition) is 1. The Bertz CT molecular complexity index is 641. The molecule has 2 aromatic heterocycles. The topological polar surface area (TPSA) is 73.8 Å². The lowest BCUT2D eigenvalue weighted by Crippen LogP contribution is -2.31. The molecule has 2 N–H and O–H groups in total. The maximum absolute atomic E-state index is 11.8. The highest BCUT2D eigenvalue weighted by atomic mass is 79.9. The van der Waals surface area contributed by atoms with E-state index in [1.165, 1.54) is 0 Å². The molecule has 1 unspecified atom stereocenters. The number of hydrogen-bond acceptors (Lipinski definition) is 3. The summed E-state index contributed by atoms with van der Waals surface area (Å²) in [6.45, 7) is 3.90. The number of carbonyl (C=O) groups is 1. The molecule has 0 bridgehead atoms. The molecule has 108 valence electrons. The van der Waals surface area contributed by atoms with Crippen LogP contribution in [0.15, 0.2) is 16.7 Å². The first kappa shape index (κ1) is 15.3. The third-order valence-corrected chi connectivity index (χ3v) is 3.71. The first-order chi connectivity index (χ1) is 9.45. The summed E-state index contributed by atoms with van der Waals surface area (Å²) >= 11 is 9.20. The van der Waals surface area contributed by atoms with Crippen molar-refractivity contribution in [1.82, 2.24) is 14.5 Å². The van der Waals surface area contributed by atoms with Gasteiger partial charge in [0, 0.05) is 23.0 Å². The standard InChI is InChI=1S/C13H16BrClN4O/c1-7(2)11(12(16)20)19-10(3-4-15)18-9-5-8(14)6-17-13(9)19/h5-7,11H,3-4H2,1-2H3,(H2,16,20). The lowest BCUT2D eigenvalue weighted by molar-refractivity contribution is -0.122. The van der Waals surface area contributed by atoms with Gasteiger partial charge in [0.25, 0.3) is 0 Å². The fourth-order valence-corrected chi connectivity index (χ4v) is 2.80. The molecule has 0 aliphatic heterocycles. The molecule has 1 atom stereocenters. The average molecular weight is 360 g/mol. The summed E-state index contributed by atoms with van der Waals surface area (Å²) in [7, 11) is 0. The molecule has 0 saturated heterocycles. The molecule has 0 fully saturated rings. The van der Waals surface area contributed by atoms with E-state index in [0.717, 1.165) is 15.8 Å². The molecule has 5 nitrogen and oxygen atoms in total. The van der Waals surface area contributed by atoms with Crippen LogP contribution in [0.25, 0.3) is 11.2 Å². The molecule has 20 heavy (non-hydrogen) atoms. The molecule has 0 aliphatic carbocycles. The Kier molecular flexibility index (Phi) is 4.65. The Balaban J connectivity index is 2.70. The molecular weight excluding hydrogens is 344 g/mol. The molecule has 2 aromatic rings. The first-order valence-electron chi connectivity index (χ1n) is 6.33. The van der Waals surface area contributed by atoms with Gasteiger partial charge in [0.2, 0.25) is 5.91 Å². The van der Waals surface area contributed by atoms with Crippen LogP contribution in [0, 0.1) is 5.92 Å². The Morgan fingerprint density at radius 1 is 1.55 bits per heavy atom. The van der Waals surface area contributed by atoms with Crippen molar-refractivity contribution in [3.8, 4) is 0 Å². The van der Waals surface area contributed by atoms with Crippen molar-refractivity contribution in [3.63, 3.8) is 0 Å².